The lowest BCUT2D eigenvalue weighted by atomic mass is 9.97. The Labute approximate surface area is 398 Å². The number of anilines is 2. The number of ether oxygens (including phenoxy) is 7. The number of methoxy groups -OCH3 is 1. The molecule has 5 heterocycles. The highest BCUT2D eigenvalue weighted by Gasteiger charge is 2.55. The molecule has 69 heavy (non-hydrogen) atoms. The summed E-state index contributed by atoms with van der Waals surface area (Å²) in [4.78, 5) is 108. The Bertz CT molecular complexity index is 2540. The Balaban J connectivity index is 0.889. The molecule has 0 radical (unpaired) electrons. The predicted octanol–water partition coefficient (Wildman–Crippen LogP) is 2.82. The van der Waals surface area contributed by atoms with Crippen LogP contribution in [0.1, 0.15) is 39.2 Å². The molecule has 3 aliphatic rings. The number of likely N-dealkylation sites (N-methyl/N-ethyl adjacent to an activating group) is 2. The Morgan fingerprint density at radius 2 is 1.49 bits per heavy atom. The van der Waals surface area contributed by atoms with Crippen LogP contribution in [-0.2, 0) is 49.5 Å². The summed E-state index contributed by atoms with van der Waals surface area (Å²) < 4.78 is 43.2. The van der Waals surface area contributed by atoms with Gasteiger partial charge < -0.3 is 57.9 Å². The summed E-state index contributed by atoms with van der Waals surface area (Å²) >= 11 is 1.06. The van der Waals surface area contributed by atoms with Crippen molar-refractivity contribution in [2.45, 2.75) is 77.0 Å². The number of aliphatic carboxylic acids is 1. The van der Waals surface area contributed by atoms with E-state index in [0.717, 1.165) is 45.1 Å². The summed E-state index contributed by atoms with van der Waals surface area (Å²) in [5, 5.41) is 13.8. The number of hydrogen-bond acceptors (Lipinski definition) is 20. The molecule has 1 aromatic carbocycles. The average molecular weight is 981 g/mol. The molecule has 7 rings (SSSR count). The van der Waals surface area contributed by atoms with E-state index in [2.05, 4.69) is 29.5 Å². The van der Waals surface area contributed by atoms with Crippen molar-refractivity contribution in [2.24, 2.45) is 11.8 Å². The smallest absolute Gasteiger partial charge is 0.409 e. The number of nitrogens with one attached hydrogen (secondary N) is 1. The van der Waals surface area contributed by atoms with E-state index >= 15 is 0 Å². The molecule has 370 valence electrons. The minimum Gasteiger partial charge on any atom is -0.479 e. The maximum atomic E-state index is 13.7. The molecule has 1 saturated carbocycles. The van der Waals surface area contributed by atoms with Gasteiger partial charge in [0.1, 0.15) is 24.5 Å². The first-order valence-corrected chi connectivity index (χ1v) is 22.4. The monoisotopic (exact) mass is 980 g/mol. The number of rotatable bonds is 15. The van der Waals surface area contributed by atoms with Crippen molar-refractivity contribution >= 4 is 75.5 Å². The van der Waals surface area contributed by atoms with Crippen LogP contribution >= 0.6 is 11.5 Å². The number of esters is 3. The van der Waals surface area contributed by atoms with Gasteiger partial charge in [0.15, 0.2) is 24.0 Å². The van der Waals surface area contributed by atoms with Gasteiger partial charge in [-0.1, -0.05) is 12.1 Å². The topological polar surface area (TPSA) is 286 Å². The summed E-state index contributed by atoms with van der Waals surface area (Å²) in [5.41, 5.74) is 0.969. The van der Waals surface area contributed by atoms with Gasteiger partial charge >= 0.3 is 48.0 Å². The Morgan fingerprint density at radius 3 is 2.12 bits per heavy atom. The first kappa shape index (κ1) is 49.6. The fourth-order valence-corrected chi connectivity index (χ4v) is 9.13. The average Bonchev–Trinajstić information content (AvgIpc) is 4.13. The molecule has 0 spiro atoms. The molecule has 4 aromatic rings. The highest BCUT2D eigenvalue weighted by Crippen LogP contribution is 2.42. The fraction of sp³-hybridized carbons (Fsp3) is 0.512. The number of carbonyl (C=O) groups excluding carboxylic acids is 6. The van der Waals surface area contributed by atoms with Crippen molar-refractivity contribution in [3.63, 3.8) is 0 Å². The molecule has 2 aliphatic heterocycles. The minimum absolute atomic E-state index is 0.111. The van der Waals surface area contributed by atoms with Crippen LogP contribution < -0.4 is 19.7 Å². The number of fused-ring (bicyclic) bond motifs is 2. The number of carboxylic acids is 1. The van der Waals surface area contributed by atoms with Crippen LogP contribution in [0.3, 0.4) is 0 Å². The number of likely N-dealkylation sites (tertiary alicyclic amines) is 1. The lowest BCUT2D eigenvalue weighted by Gasteiger charge is -2.42. The summed E-state index contributed by atoms with van der Waals surface area (Å²) in [7, 11) is 6.59. The van der Waals surface area contributed by atoms with Gasteiger partial charge in [-0.2, -0.15) is 4.98 Å². The predicted molar refractivity (Wildman–Crippen MR) is 239 cm³/mol. The van der Waals surface area contributed by atoms with E-state index in [1.807, 2.05) is 11.9 Å². The normalized spacial score (nSPS) is 22.7. The van der Waals surface area contributed by atoms with Crippen LogP contribution in [0, 0.1) is 11.8 Å². The summed E-state index contributed by atoms with van der Waals surface area (Å²) in [6.07, 6.45) is -4.19. The molecule has 26 heteroatoms. The highest BCUT2D eigenvalue weighted by molar-refractivity contribution is 7.10. The number of carbonyl (C=O) groups is 7. The van der Waals surface area contributed by atoms with Gasteiger partial charge in [0.2, 0.25) is 17.5 Å². The number of benzene rings is 1. The summed E-state index contributed by atoms with van der Waals surface area (Å²) in [6.45, 7) is 4.51. The van der Waals surface area contributed by atoms with Crippen molar-refractivity contribution in [2.75, 3.05) is 64.6 Å². The van der Waals surface area contributed by atoms with Gasteiger partial charge in [0.05, 0.1) is 12.5 Å². The van der Waals surface area contributed by atoms with Gasteiger partial charge in [-0.15, -0.1) is 4.37 Å². The molecular formula is C43H52N10O15S. The maximum Gasteiger partial charge on any atom is 0.409 e. The van der Waals surface area contributed by atoms with Crippen molar-refractivity contribution in [3.8, 4) is 11.8 Å². The van der Waals surface area contributed by atoms with Crippen molar-refractivity contribution in [1.82, 2.24) is 38.6 Å². The fourth-order valence-electron chi connectivity index (χ4n) is 8.60. The lowest BCUT2D eigenvalue weighted by molar-refractivity contribution is -0.281. The zero-order chi connectivity index (χ0) is 49.7. The highest BCUT2D eigenvalue weighted by atomic mass is 32.1. The van der Waals surface area contributed by atoms with E-state index < -0.39 is 60.7 Å². The molecule has 0 bridgehead atoms. The molecule has 25 nitrogen and oxygen atoms in total. The van der Waals surface area contributed by atoms with Crippen LogP contribution in [0.15, 0.2) is 42.9 Å². The molecule has 3 aromatic heterocycles. The number of amides is 4. The number of urea groups is 1. The standard InChI is InChI=1S/C43H52N10O15S/c1-22(54)64-31-32(65-23(2)55)34(66-24(3)56)38(68-33(31)37(57)58)67-29-10-8-25(9-11-29)20-63-43(61)50(5)15-14-49(4)42(60)53-13-12-30-35(44-21-45-36(30)53)51(6)28-16-26-18-52(19-27(26)17-28)41(59)47-40-46-39(62-7)48-69-40/h8-13,21,26-28,31-34,38H,14-20H2,1-7H3,(H,57,58)(H,46,47,48,59)/t26-,27+,28+,31-,32-,33-,34+,38+/m0/s1. The van der Waals surface area contributed by atoms with Crippen LogP contribution in [0.25, 0.3) is 11.0 Å². The Hall–Kier alpha value is -7.35. The number of carboxylic acid groups (broad SMARTS) is 1. The number of aromatic nitrogens is 5. The van der Waals surface area contributed by atoms with E-state index in [4.69, 9.17) is 33.2 Å². The quantitative estimate of drug-likeness (QED) is 0.128. The molecule has 4 amide bonds. The van der Waals surface area contributed by atoms with E-state index in [1.165, 1.54) is 47.0 Å². The first-order valence-electron chi connectivity index (χ1n) is 21.7. The van der Waals surface area contributed by atoms with Crippen LogP contribution in [0.5, 0.6) is 11.8 Å². The van der Waals surface area contributed by atoms with Crippen LogP contribution in [0.4, 0.5) is 25.3 Å². The molecule has 1 aliphatic carbocycles. The maximum absolute atomic E-state index is 13.7. The van der Waals surface area contributed by atoms with Crippen molar-refractivity contribution in [1.29, 1.82) is 0 Å². The van der Waals surface area contributed by atoms with Crippen LogP contribution in [0.2, 0.25) is 0 Å². The summed E-state index contributed by atoms with van der Waals surface area (Å²) in [5.74, 6) is -2.75. The lowest BCUT2D eigenvalue weighted by Crippen LogP contribution is -2.64. The largest absolute Gasteiger partial charge is 0.479 e. The molecule has 2 saturated heterocycles. The third kappa shape index (κ3) is 11.5. The first-order chi connectivity index (χ1) is 32.9. The van der Waals surface area contributed by atoms with Gasteiger partial charge in [-0.25, -0.2) is 29.1 Å². The second-order valence-corrected chi connectivity index (χ2v) is 17.5. The minimum atomic E-state index is -1.87. The van der Waals surface area contributed by atoms with Crippen LogP contribution in [-0.4, -0.2) is 177 Å². The van der Waals surface area contributed by atoms with E-state index in [9.17, 15) is 38.7 Å². The molecule has 0 unspecified atom stereocenters. The third-order valence-corrected chi connectivity index (χ3v) is 12.6. The van der Waals surface area contributed by atoms with E-state index in [1.54, 1.807) is 31.4 Å². The van der Waals surface area contributed by atoms with E-state index in [-0.39, 0.29) is 49.6 Å². The molecule has 8 atom stereocenters. The van der Waals surface area contributed by atoms with Crippen molar-refractivity contribution < 1.29 is 71.8 Å². The van der Waals surface area contributed by atoms with Gasteiger partial charge in [0, 0.05) is 91.9 Å². The molecular weight excluding hydrogens is 929 g/mol. The Morgan fingerprint density at radius 1 is 0.855 bits per heavy atom. The second-order valence-electron chi connectivity index (χ2n) is 16.7. The number of nitrogens with zero attached hydrogens (tertiary/aromatic N) is 9. The zero-order valence-corrected chi connectivity index (χ0v) is 39.5. The Kier molecular flexibility index (Phi) is 15.3. The van der Waals surface area contributed by atoms with E-state index in [0.29, 0.717) is 52.5 Å². The molecule has 3 fully saturated rings. The summed E-state index contributed by atoms with van der Waals surface area (Å²) in [6, 6.07) is 7.64. The van der Waals surface area contributed by atoms with Gasteiger partial charge in [-0.05, 0) is 48.4 Å². The SMILES string of the molecule is COc1nsc(NC(=O)N2C[C@H]3C[C@H](N(C)c4ncnc5c4ccn5C(=O)N(C)CCN(C)C(=O)OCc4ccc(O[C@@H]5O[C@H](C(=O)O)[C@@H](OC(C)=O)[C@H](OC(C)=O)[C@H]5OC(C)=O)cc4)C[C@H]3C2)n1. The third-order valence-electron chi connectivity index (χ3n) is 12.0. The zero-order valence-electron chi connectivity index (χ0n) is 38.7. The van der Waals surface area contributed by atoms with Crippen molar-refractivity contribution in [3.05, 3.63) is 48.4 Å². The number of hydrogen-bond donors (Lipinski definition) is 2. The van der Waals surface area contributed by atoms with Gasteiger partial charge in [0.25, 0.3) is 0 Å². The molecule has 2 N–H and O–H groups in total. The second kappa shape index (κ2) is 21.3. The van der Waals surface area contributed by atoms with Gasteiger partial charge in [-0.3, -0.25) is 24.3 Å².